The maximum atomic E-state index is 13.5. The lowest BCUT2D eigenvalue weighted by molar-refractivity contribution is -0.141. The van der Waals surface area contributed by atoms with E-state index in [1.54, 1.807) is 4.90 Å². The fourth-order valence-electron chi connectivity index (χ4n) is 3.93. The third-order valence-electron chi connectivity index (χ3n) is 5.92. The molecule has 1 atom stereocenters. The molecule has 0 heterocycles. The van der Waals surface area contributed by atoms with Crippen LogP contribution in [-0.2, 0) is 22.6 Å². The number of hydrogen-bond donors (Lipinski definition) is 1. The minimum Gasteiger partial charge on any atom is -0.494 e. The Kier molecular flexibility index (Phi) is 9.91. The van der Waals surface area contributed by atoms with Crippen molar-refractivity contribution < 1.29 is 14.3 Å². The number of nitrogens with one attached hydrogen (secondary N) is 1. The smallest absolute Gasteiger partial charge is 0.243 e. The van der Waals surface area contributed by atoms with Crippen molar-refractivity contribution in [2.24, 2.45) is 0 Å². The highest BCUT2D eigenvalue weighted by atomic mass is 16.5. The molecule has 0 fully saturated rings. The van der Waals surface area contributed by atoms with Crippen molar-refractivity contribution in [3.63, 3.8) is 0 Å². The predicted octanol–water partition coefficient (Wildman–Crippen LogP) is 5.24. The molecular formula is C30H36N2O3. The molecule has 0 unspecified atom stereocenters. The number of carbonyl (C=O) groups excluding carboxylic acids is 2. The van der Waals surface area contributed by atoms with Gasteiger partial charge in [-0.2, -0.15) is 0 Å². The van der Waals surface area contributed by atoms with Crippen LogP contribution in [0, 0.1) is 13.8 Å². The Balaban J connectivity index is 1.75. The molecule has 0 saturated heterocycles. The van der Waals surface area contributed by atoms with Gasteiger partial charge in [0, 0.05) is 25.9 Å². The molecule has 2 amide bonds. The fourth-order valence-corrected chi connectivity index (χ4v) is 3.93. The van der Waals surface area contributed by atoms with Crippen LogP contribution >= 0.6 is 0 Å². The molecule has 0 bridgehead atoms. The lowest BCUT2D eigenvalue weighted by Gasteiger charge is -2.31. The summed E-state index contributed by atoms with van der Waals surface area (Å²) in [6.45, 7) is 7.30. The normalized spacial score (nSPS) is 11.5. The van der Waals surface area contributed by atoms with Gasteiger partial charge < -0.3 is 15.0 Å². The molecule has 5 heteroatoms. The Hall–Kier alpha value is -3.60. The average Bonchev–Trinajstić information content (AvgIpc) is 2.87. The largest absolute Gasteiger partial charge is 0.494 e. The molecule has 0 saturated carbocycles. The molecule has 0 aliphatic carbocycles. The summed E-state index contributed by atoms with van der Waals surface area (Å²) in [4.78, 5) is 28.4. The molecule has 1 N–H and O–H groups in total. The van der Waals surface area contributed by atoms with Gasteiger partial charge in [-0.25, -0.2) is 0 Å². The maximum Gasteiger partial charge on any atom is 0.243 e. The first-order valence-electron chi connectivity index (χ1n) is 12.3. The van der Waals surface area contributed by atoms with Crippen LogP contribution in [0.2, 0.25) is 0 Å². The van der Waals surface area contributed by atoms with Gasteiger partial charge in [-0.1, -0.05) is 77.9 Å². The van der Waals surface area contributed by atoms with Gasteiger partial charge in [0.2, 0.25) is 11.8 Å². The van der Waals surface area contributed by atoms with E-state index >= 15 is 0 Å². The van der Waals surface area contributed by atoms with Gasteiger partial charge in [-0.3, -0.25) is 9.59 Å². The first-order valence-corrected chi connectivity index (χ1v) is 12.3. The van der Waals surface area contributed by atoms with Crippen molar-refractivity contribution in [3.05, 3.63) is 101 Å². The molecule has 3 aromatic rings. The van der Waals surface area contributed by atoms with Crippen LogP contribution in [0.25, 0.3) is 0 Å². The van der Waals surface area contributed by atoms with Crippen LogP contribution in [-0.4, -0.2) is 35.9 Å². The van der Waals surface area contributed by atoms with Gasteiger partial charge in [0.15, 0.2) is 0 Å². The SMILES string of the molecule is CCNC(=O)[C@@H](Cc1ccccc1)N(Cc1ccc(C)cc1)C(=O)CCCOc1ccc(C)cc1. The third-order valence-corrected chi connectivity index (χ3v) is 5.92. The maximum absolute atomic E-state index is 13.5. The summed E-state index contributed by atoms with van der Waals surface area (Å²) in [5.41, 5.74) is 4.36. The van der Waals surface area contributed by atoms with Crippen molar-refractivity contribution in [1.82, 2.24) is 10.2 Å². The number of carbonyl (C=O) groups is 2. The van der Waals surface area contributed by atoms with Crippen molar-refractivity contribution >= 4 is 11.8 Å². The molecule has 5 nitrogen and oxygen atoms in total. The van der Waals surface area contributed by atoms with Crippen LogP contribution in [0.1, 0.15) is 42.0 Å². The number of hydrogen-bond acceptors (Lipinski definition) is 3. The topological polar surface area (TPSA) is 58.6 Å². The number of nitrogens with zero attached hydrogens (tertiary/aromatic N) is 1. The highest BCUT2D eigenvalue weighted by Crippen LogP contribution is 2.17. The molecule has 35 heavy (non-hydrogen) atoms. The highest BCUT2D eigenvalue weighted by molar-refractivity contribution is 5.88. The van der Waals surface area contributed by atoms with Crippen LogP contribution < -0.4 is 10.1 Å². The van der Waals surface area contributed by atoms with Crippen LogP contribution in [0.4, 0.5) is 0 Å². The Labute approximate surface area is 209 Å². The van der Waals surface area contributed by atoms with E-state index in [2.05, 4.69) is 5.32 Å². The summed E-state index contributed by atoms with van der Waals surface area (Å²) in [7, 11) is 0. The van der Waals surface area contributed by atoms with Crippen molar-refractivity contribution in [1.29, 1.82) is 0 Å². The van der Waals surface area contributed by atoms with Crippen LogP contribution in [0.15, 0.2) is 78.9 Å². The fraction of sp³-hybridized carbons (Fsp3) is 0.333. The lowest BCUT2D eigenvalue weighted by Crippen LogP contribution is -2.50. The average molecular weight is 473 g/mol. The molecule has 3 rings (SSSR count). The number of benzene rings is 3. The van der Waals surface area contributed by atoms with E-state index in [0.717, 1.165) is 22.4 Å². The Morgan fingerprint density at radius 1 is 0.857 bits per heavy atom. The van der Waals surface area contributed by atoms with Crippen molar-refractivity contribution in [2.45, 2.75) is 52.6 Å². The summed E-state index contributed by atoms with van der Waals surface area (Å²) in [5.74, 6) is 0.613. The van der Waals surface area contributed by atoms with Gasteiger partial charge >= 0.3 is 0 Å². The number of amides is 2. The molecule has 0 aliphatic rings. The minimum absolute atomic E-state index is 0.0507. The van der Waals surface area contributed by atoms with Gasteiger partial charge in [0.1, 0.15) is 11.8 Å². The number of ether oxygens (including phenoxy) is 1. The Morgan fingerprint density at radius 3 is 2.11 bits per heavy atom. The zero-order valence-electron chi connectivity index (χ0n) is 21.0. The number of likely N-dealkylation sites (N-methyl/N-ethyl adjacent to an activating group) is 1. The molecular weight excluding hydrogens is 436 g/mol. The van der Waals surface area contributed by atoms with Crippen molar-refractivity contribution in [3.8, 4) is 5.75 Å². The standard InChI is InChI=1S/C30H36N2O3/c1-4-31-30(34)28(21-25-9-6-5-7-10-25)32(22-26-16-12-23(2)13-17-26)29(33)11-8-20-35-27-18-14-24(3)15-19-27/h5-7,9-10,12-19,28H,4,8,11,20-22H2,1-3H3,(H,31,34)/t28-/m1/s1. The molecule has 0 radical (unpaired) electrons. The summed E-state index contributed by atoms with van der Waals surface area (Å²) in [6.07, 6.45) is 1.34. The van der Waals surface area contributed by atoms with Gasteiger partial charge in [0.05, 0.1) is 6.61 Å². The first kappa shape index (κ1) is 26.0. The van der Waals surface area contributed by atoms with Crippen LogP contribution in [0.5, 0.6) is 5.75 Å². The predicted molar refractivity (Wildman–Crippen MR) is 140 cm³/mol. The van der Waals surface area contributed by atoms with E-state index in [1.807, 2.05) is 99.6 Å². The third kappa shape index (κ3) is 8.29. The van der Waals surface area contributed by atoms with Crippen molar-refractivity contribution in [2.75, 3.05) is 13.2 Å². The van der Waals surface area contributed by atoms with E-state index in [9.17, 15) is 9.59 Å². The molecule has 0 spiro atoms. The Morgan fingerprint density at radius 2 is 1.49 bits per heavy atom. The monoisotopic (exact) mass is 472 g/mol. The molecule has 3 aromatic carbocycles. The number of aryl methyl sites for hydroxylation is 2. The number of rotatable bonds is 12. The van der Waals surface area contributed by atoms with Gasteiger partial charge in [0.25, 0.3) is 0 Å². The molecule has 0 aliphatic heterocycles. The summed E-state index contributed by atoms with van der Waals surface area (Å²) in [5, 5.41) is 2.93. The zero-order chi connectivity index (χ0) is 25.0. The molecule has 0 aromatic heterocycles. The second-order valence-corrected chi connectivity index (χ2v) is 8.87. The van der Waals surface area contributed by atoms with Gasteiger partial charge in [-0.15, -0.1) is 0 Å². The van der Waals surface area contributed by atoms with E-state index in [-0.39, 0.29) is 11.8 Å². The van der Waals surface area contributed by atoms with Crippen LogP contribution in [0.3, 0.4) is 0 Å². The Bertz CT molecular complexity index is 1060. The first-order chi connectivity index (χ1) is 17.0. The van der Waals surface area contributed by atoms with E-state index in [4.69, 9.17) is 4.74 Å². The second-order valence-electron chi connectivity index (χ2n) is 8.87. The van der Waals surface area contributed by atoms with E-state index in [1.165, 1.54) is 5.56 Å². The molecule has 184 valence electrons. The summed E-state index contributed by atoms with van der Waals surface area (Å²) >= 11 is 0. The zero-order valence-corrected chi connectivity index (χ0v) is 21.0. The van der Waals surface area contributed by atoms with Gasteiger partial charge in [-0.05, 0) is 50.5 Å². The van der Waals surface area contributed by atoms with E-state index in [0.29, 0.717) is 39.0 Å². The quantitative estimate of drug-likeness (QED) is 0.367. The lowest BCUT2D eigenvalue weighted by atomic mass is 10.0. The van der Waals surface area contributed by atoms with E-state index < -0.39 is 6.04 Å². The summed E-state index contributed by atoms with van der Waals surface area (Å²) < 4.78 is 5.81. The highest BCUT2D eigenvalue weighted by Gasteiger charge is 2.29. The summed E-state index contributed by atoms with van der Waals surface area (Å²) in [6, 6.07) is 25.3. The second kappa shape index (κ2) is 13.3. The minimum atomic E-state index is -0.593.